The summed E-state index contributed by atoms with van der Waals surface area (Å²) >= 11 is 1.47. The minimum Gasteiger partial charge on any atom is -0.478 e. The van der Waals surface area contributed by atoms with Crippen LogP contribution in [-0.4, -0.2) is 20.6 Å². The first-order valence-corrected chi connectivity index (χ1v) is 6.46. The zero-order chi connectivity index (χ0) is 13.1. The highest BCUT2D eigenvalue weighted by Crippen LogP contribution is 2.28. The molecule has 0 aliphatic heterocycles. The van der Waals surface area contributed by atoms with Crippen LogP contribution < -0.4 is 0 Å². The number of rotatable bonds is 4. The molecule has 5 heteroatoms. The van der Waals surface area contributed by atoms with Crippen LogP contribution in [0, 0.1) is 6.92 Å². The molecule has 0 atom stereocenters. The van der Waals surface area contributed by atoms with Crippen molar-refractivity contribution in [2.45, 2.75) is 30.4 Å². The predicted molar refractivity (Wildman–Crippen MR) is 70.2 cm³/mol. The van der Waals surface area contributed by atoms with Gasteiger partial charge in [-0.2, -0.15) is 0 Å². The van der Waals surface area contributed by atoms with Crippen LogP contribution >= 0.6 is 11.8 Å². The zero-order valence-corrected chi connectivity index (χ0v) is 11.1. The molecule has 0 unspecified atom stereocenters. The lowest BCUT2D eigenvalue weighted by atomic mass is 10.1. The number of carbonyl (C=O) groups is 1. The van der Waals surface area contributed by atoms with Gasteiger partial charge in [0, 0.05) is 23.8 Å². The molecule has 18 heavy (non-hydrogen) atoms. The number of nitrogens with zero attached hydrogens (tertiary/aromatic N) is 2. The highest BCUT2D eigenvalue weighted by molar-refractivity contribution is 7.99. The van der Waals surface area contributed by atoms with Gasteiger partial charge in [0.05, 0.1) is 5.56 Å². The summed E-state index contributed by atoms with van der Waals surface area (Å²) in [5.41, 5.74) is 1.11. The Morgan fingerprint density at radius 3 is 2.94 bits per heavy atom. The molecule has 0 fully saturated rings. The van der Waals surface area contributed by atoms with Gasteiger partial charge in [0.15, 0.2) is 5.16 Å². The second kappa shape index (κ2) is 5.27. The van der Waals surface area contributed by atoms with Gasteiger partial charge in [0.1, 0.15) is 0 Å². The fraction of sp³-hybridized carbons (Fsp3) is 0.231. The van der Waals surface area contributed by atoms with Crippen molar-refractivity contribution in [2.24, 2.45) is 0 Å². The van der Waals surface area contributed by atoms with Crippen molar-refractivity contribution in [3.63, 3.8) is 0 Å². The summed E-state index contributed by atoms with van der Waals surface area (Å²) in [6, 6.07) is 5.43. The third-order valence-electron chi connectivity index (χ3n) is 2.67. The Hall–Kier alpha value is -1.75. The molecule has 0 saturated heterocycles. The largest absolute Gasteiger partial charge is 0.478 e. The second-order valence-electron chi connectivity index (χ2n) is 3.88. The van der Waals surface area contributed by atoms with E-state index in [2.05, 4.69) is 4.98 Å². The van der Waals surface area contributed by atoms with Gasteiger partial charge in [-0.3, -0.25) is 0 Å². The van der Waals surface area contributed by atoms with E-state index in [1.807, 2.05) is 29.8 Å². The number of hydrogen-bond donors (Lipinski definition) is 1. The number of benzene rings is 1. The lowest BCUT2D eigenvalue weighted by Crippen LogP contribution is -2.00. The Morgan fingerprint density at radius 2 is 2.28 bits per heavy atom. The maximum absolute atomic E-state index is 11.1. The monoisotopic (exact) mass is 262 g/mol. The first-order valence-electron chi connectivity index (χ1n) is 5.64. The summed E-state index contributed by atoms with van der Waals surface area (Å²) in [5, 5.41) is 9.96. The van der Waals surface area contributed by atoms with E-state index in [0.29, 0.717) is 5.56 Å². The van der Waals surface area contributed by atoms with Gasteiger partial charge in [0.25, 0.3) is 0 Å². The summed E-state index contributed by atoms with van der Waals surface area (Å²) in [6.45, 7) is 4.69. The third-order valence-corrected chi connectivity index (χ3v) is 3.68. The Kier molecular flexibility index (Phi) is 3.72. The van der Waals surface area contributed by atoms with E-state index in [-0.39, 0.29) is 0 Å². The average Bonchev–Trinajstić information content (AvgIpc) is 2.78. The van der Waals surface area contributed by atoms with E-state index in [4.69, 9.17) is 5.11 Å². The Bertz CT molecular complexity index is 578. The van der Waals surface area contributed by atoms with E-state index in [1.54, 1.807) is 19.2 Å². The van der Waals surface area contributed by atoms with Gasteiger partial charge in [-0.15, -0.1) is 0 Å². The van der Waals surface area contributed by atoms with Crippen LogP contribution in [0.5, 0.6) is 0 Å². The SMILES string of the molecule is CCn1ccnc1Sc1ccc(C)c(C(=O)O)c1. The fourth-order valence-electron chi connectivity index (χ4n) is 1.64. The summed E-state index contributed by atoms with van der Waals surface area (Å²) in [6.07, 6.45) is 3.66. The molecule has 0 aliphatic rings. The summed E-state index contributed by atoms with van der Waals surface area (Å²) in [4.78, 5) is 16.2. The van der Waals surface area contributed by atoms with Crippen molar-refractivity contribution in [2.75, 3.05) is 0 Å². The molecule has 1 aromatic carbocycles. The molecule has 0 bridgehead atoms. The standard InChI is InChI=1S/C13H14N2O2S/c1-3-15-7-6-14-13(15)18-10-5-4-9(2)11(8-10)12(16)17/h4-8H,3H2,1-2H3,(H,16,17). The number of aryl methyl sites for hydroxylation is 2. The number of imidazole rings is 1. The fourth-order valence-corrected chi connectivity index (χ4v) is 2.59. The van der Waals surface area contributed by atoms with Crippen LogP contribution in [-0.2, 0) is 6.54 Å². The van der Waals surface area contributed by atoms with Gasteiger partial charge in [0.2, 0.25) is 0 Å². The molecule has 2 rings (SSSR count). The summed E-state index contributed by atoms with van der Waals surface area (Å²) in [5.74, 6) is -0.895. The van der Waals surface area contributed by atoms with E-state index in [0.717, 1.165) is 22.2 Å². The second-order valence-corrected chi connectivity index (χ2v) is 4.92. The average molecular weight is 262 g/mol. The highest BCUT2D eigenvalue weighted by Gasteiger charge is 2.10. The van der Waals surface area contributed by atoms with Crippen LogP contribution in [0.15, 0.2) is 40.6 Å². The number of aromatic nitrogens is 2. The Balaban J connectivity index is 2.30. The Labute approximate surface area is 110 Å². The molecule has 4 nitrogen and oxygen atoms in total. The smallest absolute Gasteiger partial charge is 0.335 e. The molecule has 0 saturated carbocycles. The molecule has 0 amide bonds. The van der Waals surface area contributed by atoms with E-state index in [9.17, 15) is 4.79 Å². The minimum absolute atomic E-state index is 0.342. The number of aromatic carboxylic acids is 1. The van der Waals surface area contributed by atoms with Crippen molar-refractivity contribution in [3.8, 4) is 0 Å². The van der Waals surface area contributed by atoms with Crippen LogP contribution in [0.25, 0.3) is 0 Å². The summed E-state index contributed by atoms with van der Waals surface area (Å²) in [7, 11) is 0. The van der Waals surface area contributed by atoms with Crippen LogP contribution in [0.1, 0.15) is 22.8 Å². The zero-order valence-electron chi connectivity index (χ0n) is 10.3. The number of carboxylic acids is 1. The molecule has 1 aromatic heterocycles. The van der Waals surface area contributed by atoms with Crippen molar-refractivity contribution >= 4 is 17.7 Å². The molecular formula is C13H14N2O2S. The van der Waals surface area contributed by atoms with Gasteiger partial charge in [-0.25, -0.2) is 9.78 Å². The molecule has 94 valence electrons. The Morgan fingerprint density at radius 1 is 1.50 bits per heavy atom. The first-order chi connectivity index (χ1) is 8.61. The first kappa shape index (κ1) is 12.7. The highest BCUT2D eigenvalue weighted by atomic mass is 32.2. The minimum atomic E-state index is -0.895. The predicted octanol–water partition coefficient (Wildman–Crippen LogP) is 3.06. The van der Waals surface area contributed by atoms with Crippen molar-refractivity contribution < 1.29 is 9.90 Å². The van der Waals surface area contributed by atoms with Crippen LogP contribution in [0.2, 0.25) is 0 Å². The van der Waals surface area contributed by atoms with E-state index in [1.165, 1.54) is 11.8 Å². The topological polar surface area (TPSA) is 55.1 Å². The van der Waals surface area contributed by atoms with Gasteiger partial charge in [-0.1, -0.05) is 17.8 Å². The number of hydrogen-bond acceptors (Lipinski definition) is 3. The molecule has 2 aromatic rings. The maximum atomic E-state index is 11.1. The van der Waals surface area contributed by atoms with Gasteiger partial charge in [-0.05, 0) is 31.5 Å². The molecule has 1 N–H and O–H groups in total. The van der Waals surface area contributed by atoms with Crippen LogP contribution in [0.3, 0.4) is 0 Å². The maximum Gasteiger partial charge on any atom is 0.335 e. The van der Waals surface area contributed by atoms with Gasteiger partial charge >= 0.3 is 5.97 Å². The molecule has 1 heterocycles. The lowest BCUT2D eigenvalue weighted by molar-refractivity contribution is 0.0696. The van der Waals surface area contributed by atoms with Crippen LogP contribution in [0.4, 0.5) is 0 Å². The van der Waals surface area contributed by atoms with Crippen molar-refractivity contribution in [1.82, 2.24) is 9.55 Å². The molecule has 0 radical (unpaired) electrons. The molecule has 0 spiro atoms. The van der Waals surface area contributed by atoms with Crippen molar-refractivity contribution in [1.29, 1.82) is 0 Å². The summed E-state index contributed by atoms with van der Waals surface area (Å²) < 4.78 is 2.02. The van der Waals surface area contributed by atoms with Gasteiger partial charge < -0.3 is 9.67 Å². The third kappa shape index (κ3) is 2.56. The van der Waals surface area contributed by atoms with Crippen molar-refractivity contribution in [3.05, 3.63) is 41.7 Å². The lowest BCUT2D eigenvalue weighted by Gasteiger charge is -2.06. The van der Waals surface area contributed by atoms with E-state index < -0.39 is 5.97 Å². The quantitative estimate of drug-likeness (QED) is 0.920. The van der Waals surface area contributed by atoms with E-state index >= 15 is 0 Å². The number of carboxylic acid groups (broad SMARTS) is 1. The molecular weight excluding hydrogens is 248 g/mol. The molecule has 0 aliphatic carbocycles. The normalized spacial score (nSPS) is 10.6.